The first kappa shape index (κ1) is 5.84. The Morgan fingerprint density at radius 2 is 2.00 bits per heavy atom. The van der Waals surface area contributed by atoms with Gasteiger partial charge in [-0.05, 0) is 11.6 Å². The molecule has 0 bridgehead atoms. The second-order valence-corrected chi connectivity index (χ2v) is 1.70. The van der Waals surface area contributed by atoms with Crippen molar-refractivity contribution < 1.29 is 0 Å². The Hall–Kier alpha value is -1.29. The van der Waals surface area contributed by atoms with E-state index in [9.17, 15) is 0 Å². The minimum atomic E-state index is 0.539. The van der Waals surface area contributed by atoms with Gasteiger partial charge >= 0.3 is 0 Å². The molecule has 0 aromatic heterocycles. The summed E-state index contributed by atoms with van der Waals surface area (Å²) >= 11 is 0. The Kier molecular flexibility index (Phi) is 1.51. The van der Waals surface area contributed by atoms with Crippen LogP contribution in [-0.2, 0) is 0 Å². The fourth-order valence-electron chi connectivity index (χ4n) is 0.599. The number of benzene rings is 1. The van der Waals surface area contributed by atoms with Crippen LogP contribution in [-0.4, -0.2) is 0 Å². The Morgan fingerprint density at radius 1 is 1.33 bits per heavy atom. The highest BCUT2D eigenvalue weighted by Crippen LogP contribution is 2.03. The molecule has 0 spiro atoms. The summed E-state index contributed by atoms with van der Waals surface area (Å²) in [6.45, 7) is 5.41. The van der Waals surface area contributed by atoms with Gasteiger partial charge in [-0.2, -0.15) is 5.26 Å². The van der Waals surface area contributed by atoms with Crippen LogP contribution in [0.15, 0.2) is 24.3 Å². The molecule has 0 fully saturated rings. The lowest BCUT2D eigenvalue weighted by Crippen LogP contribution is -1.77. The third-order valence-corrected chi connectivity index (χ3v) is 1.08. The highest BCUT2D eigenvalue weighted by atomic mass is 14.2. The summed E-state index contributed by atoms with van der Waals surface area (Å²) in [5.41, 5.74) is 1.08. The van der Waals surface area contributed by atoms with Crippen LogP contribution in [0.3, 0.4) is 0 Å². The van der Waals surface area contributed by atoms with Gasteiger partial charge in [0.15, 0.2) is 0 Å². The van der Waals surface area contributed by atoms with Crippen LogP contribution in [0.2, 0.25) is 0 Å². The molecule has 0 heterocycles. The Balaban J connectivity index is 3.20. The van der Waals surface area contributed by atoms with Crippen molar-refractivity contribution >= 4 is 0 Å². The standard InChI is InChI=1S/C8H5N/c1-7-4-2-3-5-8(7)6-9/h1-5H. The second kappa shape index (κ2) is 2.32. The molecule has 2 radical (unpaired) electrons. The summed E-state index contributed by atoms with van der Waals surface area (Å²) in [5, 5.41) is 8.39. The molecule has 1 heteroatoms. The molecule has 0 atom stereocenters. The maximum atomic E-state index is 8.39. The molecule has 0 amide bonds. The first-order valence-corrected chi connectivity index (χ1v) is 2.59. The van der Waals surface area contributed by atoms with Crippen molar-refractivity contribution in [2.75, 3.05) is 0 Å². The van der Waals surface area contributed by atoms with E-state index in [0.29, 0.717) is 11.1 Å². The maximum Gasteiger partial charge on any atom is 0.0994 e. The molecule has 0 aliphatic rings. The van der Waals surface area contributed by atoms with Crippen molar-refractivity contribution in [3.8, 4) is 6.07 Å². The van der Waals surface area contributed by atoms with E-state index in [1.54, 1.807) is 24.3 Å². The van der Waals surface area contributed by atoms with Gasteiger partial charge in [0.25, 0.3) is 0 Å². The summed E-state index contributed by atoms with van der Waals surface area (Å²) in [7, 11) is 0. The molecule has 0 unspecified atom stereocenters. The molecule has 42 valence electrons. The zero-order valence-corrected chi connectivity index (χ0v) is 4.83. The van der Waals surface area contributed by atoms with Gasteiger partial charge in [-0.15, -0.1) is 0 Å². The van der Waals surface area contributed by atoms with Crippen molar-refractivity contribution in [1.29, 1.82) is 5.26 Å². The van der Waals surface area contributed by atoms with Crippen molar-refractivity contribution in [3.05, 3.63) is 42.3 Å². The summed E-state index contributed by atoms with van der Waals surface area (Å²) < 4.78 is 0. The predicted molar refractivity (Wildman–Crippen MR) is 34.6 cm³/mol. The third kappa shape index (κ3) is 1.09. The Bertz CT molecular complexity index is 245. The topological polar surface area (TPSA) is 23.8 Å². The van der Waals surface area contributed by atoms with Crippen LogP contribution < -0.4 is 0 Å². The van der Waals surface area contributed by atoms with Crippen LogP contribution in [0.25, 0.3) is 0 Å². The van der Waals surface area contributed by atoms with Crippen LogP contribution in [0.5, 0.6) is 0 Å². The van der Waals surface area contributed by atoms with Gasteiger partial charge < -0.3 is 0 Å². The SMILES string of the molecule is [CH]c1ccccc1C#N. The lowest BCUT2D eigenvalue weighted by molar-refractivity contribution is 1.46. The van der Waals surface area contributed by atoms with E-state index in [1.165, 1.54) is 0 Å². The minimum absolute atomic E-state index is 0.539. The van der Waals surface area contributed by atoms with E-state index >= 15 is 0 Å². The molecule has 0 saturated carbocycles. The highest BCUT2D eigenvalue weighted by Gasteiger charge is 1.90. The zero-order chi connectivity index (χ0) is 6.69. The summed E-state index contributed by atoms with van der Waals surface area (Å²) in [5.74, 6) is 0. The van der Waals surface area contributed by atoms with Crippen molar-refractivity contribution in [3.63, 3.8) is 0 Å². The molecule has 1 nitrogen and oxygen atoms in total. The van der Waals surface area contributed by atoms with Crippen molar-refractivity contribution in [2.24, 2.45) is 0 Å². The van der Waals surface area contributed by atoms with Crippen molar-refractivity contribution in [2.45, 2.75) is 0 Å². The molecule has 1 aromatic carbocycles. The largest absolute Gasteiger partial charge is 0.192 e. The van der Waals surface area contributed by atoms with E-state index in [2.05, 4.69) is 0 Å². The average molecular weight is 115 g/mol. The summed E-state index contributed by atoms with van der Waals surface area (Å²) in [6.07, 6.45) is 0. The molecule has 1 rings (SSSR count). The third-order valence-electron chi connectivity index (χ3n) is 1.08. The van der Waals surface area contributed by atoms with Gasteiger partial charge in [-0.25, -0.2) is 0 Å². The second-order valence-electron chi connectivity index (χ2n) is 1.70. The number of nitriles is 1. The van der Waals surface area contributed by atoms with Gasteiger partial charge in [0.1, 0.15) is 0 Å². The highest BCUT2D eigenvalue weighted by molar-refractivity contribution is 5.38. The average Bonchev–Trinajstić information content (AvgIpc) is 1.89. The lowest BCUT2D eigenvalue weighted by atomic mass is 10.1. The molecule has 0 saturated heterocycles. The van der Waals surface area contributed by atoms with Crippen LogP contribution in [0.4, 0.5) is 0 Å². The monoisotopic (exact) mass is 115 g/mol. The van der Waals surface area contributed by atoms with Crippen LogP contribution >= 0.6 is 0 Å². The molecule has 1 aromatic rings. The predicted octanol–water partition coefficient (Wildman–Crippen LogP) is 1.62. The molecular weight excluding hydrogens is 110 g/mol. The molecular formula is C8H5N. The fourth-order valence-corrected chi connectivity index (χ4v) is 0.599. The number of rotatable bonds is 0. The van der Waals surface area contributed by atoms with E-state index in [0.717, 1.165) is 0 Å². The number of nitrogens with zero attached hydrogens (tertiary/aromatic N) is 1. The van der Waals surface area contributed by atoms with Gasteiger partial charge in [-0.1, -0.05) is 18.2 Å². The first-order valence-electron chi connectivity index (χ1n) is 2.59. The lowest BCUT2D eigenvalue weighted by Gasteiger charge is -1.90. The maximum absolute atomic E-state index is 8.39. The van der Waals surface area contributed by atoms with E-state index < -0.39 is 0 Å². The Labute approximate surface area is 54.6 Å². The molecule has 9 heavy (non-hydrogen) atoms. The normalized spacial score (nSPS) is 8.44. The molecule has 0 aliphatic heterocycles. The smallest absolute Gasteiger partial charge is 0.0994 e. The minimum Gasteiger partial charge on any atom is -0.192 e. The van der Waals surface area contributed by atoms with Crippen molar-refractivity contribution in [1.82, 2.24) is 0 Å². The molecule has 0 aliphatic carbocycles. The van der Waals surface area contributed by atoms with E-state index in [4.69, 9.17) is 12.2 Å². The summed E-state index contributed by atoms with van der Waals surface area (Å²) in [6, 6.07) is 8.96. The van der Waals surface area contributed by atoms with Gasteiger partial charge in [0.2, 0.25) is 0 Å². The van der Waals surface area contributed by atoms with Gasteiger partial charge in [-0.3, -0.25) is 0 Å². The van der Waals surface area contributed by atoms with Gasteiger partial charge in [0, 0.05) is 6.92 Å². The quantitative estimate of drug-likeness (QED) is 0.504. The fraction of sp³-hybridized carbons (Fsp3) is 0. The Morgan fingerprint density at radius 3 is 2.44 bits per heavy atom. The van der Waals surface area contributed by atoms with Crippen LogP contribution in [0, 0.1) is 18.3 Å². The van der Waals surface area contributed by atoms with E-state index in [1.807, 2.05) is 6.07 Å². The van der Waals surface area contributed by atoms with E-state index in [-0.39, 0.29) is 0 Å². The zero-order valence-electron chi connectivity index (χ0n) is 4.83. The van der Waals surface area contributed by atoms with Crippen LogP contribution in [0.1, 0.15) is 11.1 Å². The molecule has 0 N–H and O–H groups in total. The van der Waals surface area contributed by atoms with Gasteiger partial charge in [0.05, 0.1) is 11.6 Å². The first-order chi connectivity index (χ1) is 4.34. The number of hydrogen-bond acceptors (Lipinski definition) is 1. The number of hydrogen-bond donors (Lipinski definition) is 0. The summed E-state index contributed by atoms with van der Waals surface area (Å²) in [4.78, 5) is 0.